The maximum absolute atomic E-state index is 13.2. The normalized spacial score (nSPS) is 11.5. The number of hydrogen-bond acceptors (Lipinski definition) is 5. The molecule has 0 aliphatic carbocycles. The summed E-state index contributed by atoms with van der Waals surface area (Å²) in [6.45, 7) is 2.45. The molecular weight excluding hydrogens is 427 g/mol. The third-order valence-corrected chi connectivity index (χ3v) is 5.17. The van der Waals surface area contributed by atoms with Crippen molar-refractivity contribution in [1.29, 1.82) is 0 Å². The van der Waals surface area contributed by atoms with E-state index in [1.807, 2.05) is 11.5 Å². The number of halogens is 4. The maximum atomic E-state index is 13.2. The Kier molecular flexibility index (Phi) is 6.43. The molecule has 1 N–H and O–H groups in total. The first kappa shape index (κ1) is 21.1. The van der Waals surface area contributed by atoms with Gasteiger partial charge in [-0.2, -0.15) is 13.2 Å². The number of benzene rings is 1. The van der Waals surface area contributed by atoms with Crippen molar-refractivity contribution in [2.24, 2.45) is 0 Å². The highest BCUT2D eigenvalue weighted by Gasteiger charge is 2.34. The van der Waals surface area contributed by atoms with Gasteiger partial charge in [0, 0.05) is 24.5 Å². The molecule has 0 aliphatic heterocycles. The number of hydrogen-bond donors (Lipinski definition) is 1. The minimum Gasteiger partial charge on any atom is -0.324 e. The molecule has 0 unspecified atom stereocenters. The fourth-order valence-electron chi connectivity index (χ4n) is 2.59. The van der Waals surface area contributed by atoms with Crippen LogP contribution in [0.25, 0.3) is 11.4 Å². The SMILES string of the molecule is CCn1c(SCC(=O)Nc2c(Cl)cccc2C(F)(F)F)nnc1-c1ccncc1. The van der Waals surface area contributed by atoms with Crippen molar-refractivity contribution in [3.05, 3.63) is 53.3 Å². The molecule has 152 valence electrons. The minimum absolute atomic E-state index is 0.156. The highest BCUT2D eigenvalue weighted by molar-refractivity contribution is 7.99. The number of aromatic nitrogens is 4. The lowest BCUT2D eigenvalue weighted by atomic mass is 10.1. The molecule has 3 aromatic rings. The molecule has 0 saturated carbocycles. The molecule has 0 fully saturated rings. The number of carbonyl (C=O) groups is 1. The summed E-state index contributed by atoms with van der Waals surface area (Å²) in [4.78, 5) is 16.2. The maximum Gasteiger partial charge on any atom is 0.418 e. The summed E-state index contributed by atoms with van der Waals surface area (Å²) in [5, 5.41) is 10.8. The highest BCUT2D eigenvalue weighted by Crippen LogP contribution is 2.38. The summed E-state index contributed by atoms with van der Waals surface area (Å²) in [6.07, 6.45) is -1.37. The van der Waals surface area contributed by atoms with Gasteiger partial charge < -0.3 is 9.88 Å². The van der Waals surface area contributed by atoms with Gasteiger partial charge in [0.05, 0.1) is 22.0 Å². The number of thioether (sulfide) groups is 1. The minimum atomic E-state index is -4.64. The second-order valence-corrected chi connectivity index (χ2v) is 7.13. The Morgan fingerprint density at radius 3 is 2.59 bits per heavy atom. The van der Waals surface area contributed by atoms with Crippen LogP contribution in [0.15, 0.2) is 47.9 Å². The van der Waals surface area contributed by atoms with Gasteiger partial charge in [-0.15, -0.1) is 10.2 Å². The van der Waals surface area contributed by atoms with Crippen LogP contribution in [0.3, 0.4) is 0 Å². The number of pyridine rings is 1. The van der Waals surface area contributed by atoms with E-state index in [4.69, 9.17) is 11.6 Å². The molecule has 0 radical (unpaired) electrons. The quantitative estimate of drug-likeness (QED) is 0.558. The number of anilines is 1. The lowest BCUT2D eigenvalue weighted by Crippen LogP contribution is -2.19. The number of nitrogens with zero attached hydrogens (tertiary/aromatic N) is 4. The first-order valence-corrected chi connectivity index (χ1v) is 9.79. The molecule has 2 aromatic heterocycles. The Morgan fingerprint density at radius 2 is 1.93 bits per heavy atom. The van der Waals surface area contributed by atoms with E-state index in [1.165, 1.54) is 12.1 Å². The van der Waals surface area contributed by atoms with Crippen molar-refractivity contribution in [3.8, 4) is 11.4 Å². The van der Waals surface area contributed by atoms with Crippen LogP contribution in [-0.2, 0) is 17.5 Å². The molecule has 0 bridgehead atoms. The van der Waals surface area contributed by atoms with Gasteiger partial charge in [0.2, 0.25) is 5.91 Å². The third kappa shape index (κ3) is 4.88. The van der Waals surface area contributed by atoms with Crippen LogP contribution >= 0.6 is 23.4 Å². The van der Waals surface area contributed by atoms with Crippen LogP contribution in [-0.4, -0.2) is 31.4 Å². The predicted molar refractivity (Wildman–Crippen MR) is 105 cm³/mol. The smallest absolute Gasteiger partial charge is 0.324 e. The van der Waals surface area contributed by atoms with Gasteiger partial charge in [-0.25, -0.2) is 0 Å². The van der Waals surface area contributed by atoms with E-state index in [0.29, 0.717) is 17.5 Å². The average molecular weight is 442 g/mol. The topological polar surface area (TPSA) is 72.7 Å². The Morgan fingerprint density at radius 1 is 1.21 bits per heavy atom. The standard InChI is InChI=1S/C18H15ClF3N5OS/c1-2-27-16(11-6-8-23-9-7-11)25-26-17(27)29-10-14(28)24-15-12(18(20,21)22)4-3-5-13(15)19/h3-9H,2,10H2,1H3,(H,24,28). The Balaban J connectivity index is 1.74. The van der Waals surface area contributed by atoms with Crippen molar-refractivity contribution >= 4 is 35.0 Å². The Labute approximate surface area is 173 Å². The molecule has 6 nitrogen and oxygen atoms in total. The zero-order chi connectivity index (χ0) is 21.0. The number of alkyl halides is 3. The van der Waals surface area contributed by atoms with Gasteiger partial charge >= 0.3 is 6.18 Å². The average Bonchev–Trinajstić information content (AvgIpc) is 3.10. The molecule has 3 rings (SSSR count). The summed E-state index contributed by atoms with van der Waals surface area (Å²) in [5.74, 6) is -0.176. The molecule has 0 spiro atoms. The van der Waals surface area contributed by atoms with Gasteiger partial charge in [0.1, 0.15) is 0 Å². The Hall–Kier alpha value is -2.59. The summed E-state index contributed by atoms with van der Waals surface area (Å²) >= 11 is 6.93. The lowest BCUT2D eigenvalue weighted by Gasteiger charge is -2.15. The van der Waals surface area contributed by atoms with Crippen molar-refractivity contribution in [2.45, 2.75) is 24.8 Å². The predicted octanol–water partition coefficient (Wildman–Crippen LogP) is 4.76. The fraction of sp³-hybridized carbons (Fsp3) is 0.222. The number of rotatable bonds is 6. The highest BCUT2D eigenvalue weighted by atomic mass is 35.5. The van der Waals surface area contributed by atoms with Gasteiger partial charge in [0.15, 0.2) is 11.0 Å². The first-order valence-electron chi connectivity index (χ1n) is 8.43. The fourth-order valence-corrected chi connectivity index (χ4v) is 3.61. The number of carbonyl (C=O) groups excluding carboxylic acids is 1. The summed E-state index contributed by atoms with van der Waals surface area (Å²) in [7, 11) is 0. The van der Waals surface area contributed by atoms with E-state index in [0.717, 1.165) is 23.4 Å². The van der Waals surface area contributed by atoms with E-state index in [1.54, 1.807) is 24.5 Å². The molecule has 1 amide bonds. The summed E-state index contributed by atoms with van der Waals surface area (Å²) in [5.41, 5.74) is -0.640. The van der Waals surface area contributed by atoms with Crippen molar-refractivity contribution in [3.63, 3.8) is 0 Å². The summed E-state index contributed by atoms with van der Waals surface area (Å²) < 4.78 is 41.3. The molecule has 1 aromatic carbocycles. The first-order chi connectivity index (χ1) is 13.8. The van der Waals surface area contributed by atoms with Crippen LogP contribution in [0, 0.1) is 0 Å². The van der Waals surface area contributed by atoms with Crippen molar-refractivity contribution in [2.75, 3.05) is 11.1 Å². The zero-order valence-corrected chi connectivity index (χ0v) is 16.6. The van der Waals surface area contributed by atoms with Crippen LogP contribution in [0.4, 0.5) is 18.9 Å². The van der Waals surface area contributed by atoms with Gasteiger partial charge in [0.25, 0.3) is 0 Å². The largest absolute Gasteiger partial charge is 0.418 e. The molecule has 2 heterocycles. The van der Waals surface area contributed by atoms with E-state index < -0.39 is 23.3 Å². The van der Waals surface area contributed by atoms with Gasteiger partial charge in [-0.05, 0) is 31.2 Å². The van der Waals surface area contributed by atoms with Crippen LogP contribution < -0.4 is 5.32 Å². The summed E-state index contributed by atoms with van der Waals surface area (Å²) in [6, 6.07) is 6.90. The van der Waals surface area contributed by atoms with Gasteiger partial charge in [-0.3, -0.25) is 9.78 Å². The van der Waals surface area contributed by atoms with Crippen LogP contribution in [0.2, 0.25) is 5.02 Å². The molecular formula is C18H15ClF3N5OS. The van der Waals surface area contributed by atoms with Crippen molar-refractivity contribution < 1.29 is 18.0 Å². The second-order valence-electron chi connectivity index (χ2n) is 5.78. The molecule has 11 heteroatoms. The van der Waals surface area contributed by atoms with E-state index in [2.05, 4.69) is 20.5 Å². The van der Waals surface area contributed by atoms with Gasteiger partial charge in [-0.1, -0.05) is 29.4 Å². The molecule has 29 heavy (non-hydrogen) atoms. The monoisotopic (exact) mass is 441 g/mol. The number of para-hydroxylation sites is 1. The van der Waals surface area contributed by atoms with Crippen LogP contribution in [0.1, 0.15) is 12.5 Å². The molecule has 0 atom stereocenters. The number of nitrogens with one attached hydrogen (secondary N) is 1. The van der Waals surface area contributed by atoms with E-state index >= 15 is 0 Å². The lowest BCUT2D eigenvalue weighted by molar-refractivity contribution is -0.137. The van der Waals surface area contributed by atoms with E-state index in [9.17, 15) is 18.0 Å². The van der Waals surface area contributed by atoms with Crippen LogP contribution in [0.5, 0.6) is 0 Å². The van der Waals surface area contributed by atoms with E-state index in [-0.39, 0.29) is 10.8 Å². The second kappa shape index (κ2) is 8.83. The van der Waals surface area contributed by atoms with Crippen molar-refractivity contribution in [1.82, 2.24) is 19.7 Å². The number of amides is 1. The molecule has 0 aliphatic rings. The zero-order valence-electron chi connectivity index (χ0n) is 15.1. The molecule has 0 saturated heterocycles. The third-order valence-electron chi connectivity index (χ3n) is 3.89. The Bertz CT molecular complexity index is 1010.